The fourth-order valence-corrected chi connectivity index (χ4v) is 4.14. The van der Waals surface area contributed by atoms with Crippen LogP contribution in [0.25, 0.3) is 0 Å². The Kier molecular flexibility index (Phi) is 6.89. The molecular weight excluding hydrogens is 336 g/mol. The van der Waals surface area contributed by atoms with Crippen LogP contribution in [0, 0.1) is 12.8 Å². The highest BCUT2D eigenvalue weighted by atomic mass is 35.5. The van der Waals surface area contributed by atoms with E-state index < -0.39 is 10.0 Å². The molecule has 0 aliphatic heterocycles. The molecule has 1 atom stereocenters. The van der Waals surface area contributed by atoms with Gasteiger partial charge >= 0.3 is 0 Å². The number of sulfonamides is 1. The third-order valence-electron chi connectivity index (χ3n) is 4.06. The van der Waals surface area contributed by atoms with Crippen LogP contribution in [0.5, 0.6) is 5.75 Å². The Hall–Kier alpha value is -0.820. The van der Waals surface area contributed by atoms with Gasteiger partial charge in [0.2, 0.25) is 10.0 Å². The molecule has 7 heteroatoms. The molecule has 0 saturated heterocycles. The zero-order valence-electron chi connectivity index (χ0n) is 14.2. The van der Waals surface area contributed by atoms with Gasteiger partial charge in [-0.2, -0.15) is 4.31 Å². The van der Waals surface area contributed by atoms with Crippen LogP contribution in [0.2, 0.25) is 0 Å². The van der Waals surface area contributed by atoms with Gasteiger partial charge in [-0.05, 0) is 63.3 Å². The van der Waals surface area contributed by atoms with Gasteiger partial charge in [0.25, 0.3) is 0 Å². The Morgan fingerprint density at radius 1 is 1.35 bits per heavy atom. The smallest absolute Gasteiger partial charge is 0.243 e. The first-order chi connectivity index (χ1) is 10.3. The monoisotopic (exact) mass is 362 g/mol. The third-order valence-corrected chi connectivity index (χ3v) is 5.94. The van der Waals surface area contributed by atoms with E-state index in [9.17, 15) is 8.42 Å². The van der Waals surface area contributed by atoms with E-state index in [4.69, 9.17) is 10.5 Å². The fourth-order valence-electron chi connectivity index (χ4n) is 2.63. The zero-order valence-corrected chi connectivity index (χ0v) is 15.8. The van der Waals surface area contributed by atoms with Crippen LogP contribution in [-0.4, -0.2) is 38.5 Å². The highest BCUT2D eigenvalue weighted by Gasteiger charge is 2.38. The van der Waals surface area contributed by atoms with E-state index in [1.165, 1.54) is 4.31 Å². The predicted octanol–water partition coefficient (Wildman–Crippen LogP) is 2.56. The minimum Gasteiger partial charge on any atom is -0.491 e. The molecule has 0 aromatic heterocycles. The SMILES string of the molecule is Cc1cc(S(=O)(=O)N(C)C(CN)C2CC2)ccc1OC(C)C.Cl. The first kappa shape index (κ1) is 20.2. The lowest BCUT2D eigenvalue weighted by Crippen LogP contribution is -2.43. The molecule has 0 spiro atoms. The molecule has 0 bridgehead atoms. The summed E-state index contributed by atoms with van der Waals surface area (Å²) in [5.41, 5.74) is 6.59. The van der Waals surface area contributed by atoms with Crippen molar-refractivity contribution in [1.82, 2.24) is 4.31 Å². The topological polar surface area (TPSA) is 72.6 Å². The van der Waals surface area contributed by atoms with Crippen LogP contribution in [-0.2, 0) is 10.0 Å². The van der Waals surface area contributed by atoms with E-state index >= 15 is 0 Å². The summed E-state index contributed by atoms with van der Waals surface area (Å²) in [5, 5.41) is 0. The second-order valence-electron chi connectivity index (χ2n) is 6.26. The highest BCUT2D eigenvalue weighted by molar-refractivity contribution is 7.89. The molecule has 2 rings (SSSR count). The molecule has 0 amide bonds. The van der Waals surface area contributed by atoms with Crippen molar-refractivity contribution in [1.29, 1.82) is 0 Å². The Bertz CT molecular complexity index is 630. The molecule has 23 heavy (non-hydrogen) atoms. The summed E-state index contributed by atoms with van der Waals surface area (Å²) in [6, 6.07) is 4.89. The number of rotatable bonds is 7. The average Bonchev–Trinajstić information content (AvgIpc) is 3.26. The molecule has 1 unspecified atom stereocenters. The third kappa shape index (κ3) is 4.59. The van der Waals surface area contributed by atoms with E-state index in [1.807, 2.05) is 20.8 Å². The van der Waals surface area contributed by atoms with E-state index in [1.54, 1.807) is 25.2 Å². The molecule has 2 N–H and O–H groups in total. The molecule has 1 aromatic rings. The van der Waals surface area contributed by atoms with Crippen molar-refractivity contribution in [3.8, 4) is 5.75 Å². The molecule has 0 radical (unpaired) electrons. The lowest BCUT2D eigenvalue weighted by atomic mass is 10.2. The maximum atomic E-state index is 12.8. The molecule has 1 aliphatic rings. The van der Waals surface area contributed by atoms with Gasteiger partial charge in [0.15, 0.2) is 0 Å². The molecule has 1 aliphatic carbocycles. The maximum Gasteiger partial charge on any atom is 0.243 e. The standard InChI is InChI=1S/C16H26N2O3S.ClH/c1-11(2)21-16-8-7-14(9-12(16)3)22(19,20)18(4)15(10-17)13-5-6-13;/h7-9,11,13,15H,5-6,10,17H2,1-4H3;1H. The average molecular weight is 363 g/mol. The summed E-state index contributed by atoms with van der Waals surface area (Å²) in [5.74, 6) is 1.11. The van der Waals surface area contributed by atoms with Gasteiger partial charge in [0.05, 0.1) is 11.0 Å². The molecule has 1 fully saturated rings. The van der Waals surface area contributed by atoms with Gasteiger partial charge < -0.3 is 10.5 Å². The van der Waals surface area contributed by atoms with Crippen molar-refractivity contribution in [2.75, 3.05) is 13.6 Å². The van der Waals surface area contributed by atoms with Crippen LogP contribution in [0.3, 0.4) is 0 Å². The van der Waals surface area contributed by atoms with Crippen molar-refractivity contribution in [3.63, 3.8) is 0 Å². The number of nitrogens with zero attached hydrogens (tertiary/aromatic N) is 1. The Morgan fingerprint density at radius 2 is 1.96 bits per heavy atom. The summed E-state index contributed by atoms with van der Waals surface area (Å²) in [6.07, 6.45) is 2.17. The molecule has 5 nitrogen and oxygen atoms in total. The number of likely N-dealkylation sites (N-methyl/N-ethyl adjacent to an activating group) is 1. The highest BCUT2D eigenvalue weighted by Crippen LogP contribution is 2.36. The Balaban J connectivity index is 0.00000264. The lowest BCUT2D eigenvalue weighted by molar-refractivity contribution is 0.240. The normalized spacial score (nSPS) is 16.3. The number of hydrogen-bond donors (Lipinski definition) is 1. The van der Waals surface area contributed by atoms with E-state index in [2.05, 4.69) is 0 Å². The second kappa shape index (κ2) is 7.83. The molecule has 1 aromatic carbocycles. The second-order valence-corrected chi connectivity index (χ2v) is 8.25. The first-order valence-electron chi connectivity index (χ1n) is 7.72. The quantitative estimate of drug-likeness (QED) is 0.809. The summed E-state index contributed by atoms with van der Waals surface area (Å²) in [4.78, 5) is 0.294. The Morgan fingerprint density at radius 3 is 2.39 bits per heavy atom. The molecule has 1 saturated carbocycles. The minimum atomic E-state index is -3.53. The predicted molar refractivity (Wildman–Crippen MR) is 94.7 cm³/mol. The Labute approximate surface area is 145 Å². The summed E-state index contributed by atoms with van der Waals surface area (Å²) in [6.45, 7) is 6.10. The van der Waals surface area contributed by atoms with Gasteiger partial charge in [-0.1, -0.05) is 0 Å². The van der Waals surface area contributed by atoms with E-state index in [-0.39, 0.29) is 24.6 Å². The zero-order chi connectivity index (χ0) is 16.5. The lowest BCUT2D eigenvalue weighted by Gasteiger charge is -2.26. The van der Waals surface area contributed by atoms with Gasteiger partial charge in [-0.15, -0.1) is 12.4 Å². The number of aryl methyl sites for hydroxylation is 1. The summed E-state index contributed by atoms with van der Waals surface area (Å²) in [7, 11) is -1.90. The van der Waals surface area contributed by atoms with Crippen LogP contribution >= 0.6 is 12.4 Å². The molecule has 132 valence electrons. The van der Waals surface area contributed by atoms with Gasteiger partial charge in [0.1, 0.15) is 5.75 Å². The number of benzene rings is 1. The maximum absolute atomic E-state index is 12.8. The van der Waals surface area contributed by atoms with Crippen molar-refractivity contribution < 1.29 is 13.2 Å². The van der Waals surface area contributed by atoms with Gasteiger partial charge in [0, 0.05) is 19.6 Å². The largest absolute Gasteiger partial charge is 0.491 e. The minimum absolute atomic E-state index is 0. The summed E-state index contributed by atoms with van der Waals surface area (Å²) < 4.78 is 32.7. The van der Waals surface area contributed by atoms with Crippen molar-refractivity contribution in [2.24, 2.45) is 11.7 Å². The van der Waals surface area contributed by atoms with Crippen molar-refractivity contribution in [3.05, 3.63) is 23.8 Å². The molecular formula is C16H27ClN2O3S. The molecule has 0 heterocycles. The number of halogens is 1. The first-order valence-corrected chi connectivity index (χ1v) is 9.16. The fraction of sp³-hybridized carbons (Fsp3) is 0.625. The van der Waals surface area contributed by atoms with Gasteiger partial charge in [-0.25, -0.2) is 8.42 Å². The van der Waals surface area contributed by atoms with Crippen LogP contribution in [0.1, 0.15) is 32.3 Å². The van der Waals surface area contributed by atoms with Crippen LogP contribution < -0.4 is 10.5 Å². The number of hydrogen-bond acceptors (Lipinski definition) is 4. The van der Waals surface area contributed by atoms with Crippen molar-refractivity contribution >= 4 is 22.4 Å². The van der Waals surface area contributed by atoms with E-state index in [0.717, 1.165) is 18.4 Å². The van der Waals surface area contributed by atoms with E-state index in [0.29, 0.717) is 23.1 Å². The van der Waals surface area contributed by atoms with Crippen LogP contribution in [0.4, 0.5) is 0 Å². The summed E-state index contributed by atoms with van der Waals surface area (Å²) >= 11 is 0. The van der Waals surface area contributed by atoms with Gasteiger partial charge in [-0.3, -0.25) is 0 Å². The number of nitrogens with two attached hydrogens (primary N) is 1. The van der Waals surface area contributed by atoms with Crippen molar-refractivity contribution in [2.45, 2.75) is 50.7 Å². The number of ether oxygens (including phenoxy) is 1. The van der Waals surface area contributed by atoms with Crippen LogP contribution in [0.15, 0.2) is 23.1 Å².